The van der Waals surface area contributed by atoms with Gasteiger partial charge < -0.3 is 15.0 Å². The summed E-state index contributed by atoms with van der Waals surface area (Å²) in [6.07, 6.45) is 2.51. The Kier molecular flexibility index (Phi) is 4.54. The van der Waals surface area contributed by atoms with E-state index in [0.29, 0.717) is 18.6 Å². The minimum absolute atomic E-state index is 0.122. The summed E-state index contributed by atoms with van der Waals surface area (Å²) in [7, 11) is 5.27. The van der Waals surface area contributed by atoms with E-state index in [1.54, 1.807) is 26.1 Å². The number of carbonyl (C=O) groups excluding carboxylic acids is 1. The van der Waals surface area contributed by atoms with Crippen molar-refractivity contribution in [2.75, 3.05) is 27.8 Å². The molecule has 0 saturated heterocycles. The molecule has 2 atom stereocenters. The number of nitrogens with one attached hydrogen (secondary N) is 1. The van der Waals surface area contributed by atoms with Crippen LogP contribution in [0.15, 0.2) is 0 Å². The van der Waals surface area contributed by atoms with Crippen LogP contribution in [0.25, 0.3) is 0 Å². The Labute approximate surface area is 92.0 Å². The fourth-order valence-corrected chi connectivity index (χ4v) is 1.78. The van der Waals surface area contributed by atoms with Gasteiger partial charge in [-0.2, -0.15) is 0 Å². The second-order valence-electron chi connectivity index (χ2n) is 4.52. The highest BCUT2D eigenvalue weighted by Crippen LogP contribution is 2.32. The monoisotopic (exact) mass is 214 g/mol. The van der Waals surface area contributed by atoms with Gasteiger partial charge in [-0.25, -0.2) is 0 Å². The van der Waals surface area contributed by atoms with Crippen molar-refractivity contribution in [2.24, 2.45) is 5.92 Å². The van der Waals surface area contributed by atoms with Crippen molar-refractivity contribution < 1.29 is 9.53 Å². The number of hydrogen-bond donors (Lipinski definition) is 1. The van der Waals surface area contributed by atoms with Crippen molar-refractivity contribution in [2.45, 2.75) is 31.8 Å². The van der Waals surface area contributed by atoms with Crippen molar-refractivity contribution in [3.05, 3.63) is 0 Å². The molecule has 4 heteroatoms. The molecule has 1 rings (SSSR count). The number of rotatable bonds is 6. The van der Waals surface area contributed by atoms with Gasteiger partial charge >= 0.3 is 0 Å². The average Bonchev–Trinajstić information content (AvgIpc) is 2.98. The SMILES string of the molecule is COCC(N[C@H](C)C(=O)N(C)C)C1CC1. The van der Waals surface area contributed by atoms with Crippen molar-refractivity contribution >= 4 is 5.91 Å². The molecule has 1 saturated carbocycles. The molecule has 1 aliphatic carbocycles. The molecule has 0 radical (unpaired) electrons. The molecule has 1 aliphatic rings. The fraction of sp³-hybridized carbons (Fsp3) is 0.909. The number of methoxy groups -OCH3 is 1. The number of hydrogen-bond acceptors (Lipinski definition) is 3. The highest BCUT2D eigenvalue weighted by atomic mass is 16.5. The molecule has 88 valence electrons. The van der Waals surface area contributed by atoms with E-state index in [1.807, 2.05) is 6.92 Å². The number of ether oxygens (including phenoxy) is 1. The van der Waals surface area contributed by atoms with Crippen LogP contribution in [0.1, 0.15) is 19.8 Å². The predicted octanol–water partition coefficient (Wildman–Crippen LogP) is 0.478. The lowest BCUT2D eigenvalue weighted by atomic mass is 10.1. The van der Waals surface area contributed by atoms with Crippen LogP contribution in [0.4, 0.5) is 0 Å². The zero-order chi connectivity index (χ0) is 11.4. The van der Waals surface area contributed by atoms with Crippen LogP contribution in [0, 0.1) is 5.92 Å². The maximum atomic E-state index is 11.6. The number of nitrogens with zero attached hydrogens (tertiary/aromatic N) is 1. The number of amides is 1. The molecule has 4 nitrogen and oxygen atoms in total. The summed E-state index contributed by atoms with van der Waals surface area (Å²) in [5.41, 5.74) is 0. The standard InChI is InChI=1S/C11H22N2O2/c1-8(11(14)13(2)3)12-10(7-15-4)9-5-6-9/h8-10,12H,5-7H2,1-4H3/t8-,10?/m1/s1. The van der Waals surface area contributed by atoms with Gasteiger partial charge in [0.1, 0.15) is 0 Å². The maximum absolute atomic E-state index is 11.6. The first-order valence-corrected chi connectivity index (χ1v) is 5.52. The molecule has 0 heterocycles. The van der Waals surface area contributed by atoms with Crippen LogP contribution in [-0.4, -0.2) is 50.7 Å². The Morgan fingerprint density at radius 2 is 2.13 bits per heavy atom. The molecular formula is C11H22N2O2. The quantitative estimate of drug-likeness (QED) is 0.699. The van der Waals surface area contributed by atoms with Gasteiger partial charge in [-0.05, 0) is 25.7 Å². The lowest BCUT2D eigenvalue weighted by Crippen LogP contribution is -2.48. The lowest BCUT2D eigenvalue weighted by Gasteiger charge is -2.24. The second kappa shape index (κ2) is 5.47. The molecule has 1 fully saturated rings. The fourth-order valence-electron chi connectivity index (χ4n) is 1.78. The molecule has 0 aromatic heterocycles. The van der Waals surface area contributed by atoms with Gasteiger partial charge in [-0.15, -0.1) is 0 Å². The zero-order valence-electron chi connectivity index (χ0n) is 10.1. The van der Waals surface area contributed by atoms with Crippen LogP contribution in [0.2, 0.25) is 0 Å². The van der Waals surface area contributed by atoms with E-state index < -0.39 is 0 Å². The first-order valence-electron chi connectivity index (χ1n) is 5.52. The van der Waals surface area contributed by atoms with Crippen molar-refractivity contribution in [3.8, 4) is 0 Å². The molecule has 1 unspecified atom stereocenters. The van der Waals surface area contributed by atoms with Gasteiger partial charge in [0.05, 0.1) is 12.6 Å². The van der Waals surface area contributed by atoms with Gasteiger partial charge in [0, 0.05) is 27.2 Å². The first kappa shape index (κ1) is 12.5. The molecule has 0 aliphatic heterocycles. The molecule has 15 heavy (non-hydrogen) atoms. The normalized spacial score (nSPS) is 19.7. The van der Waals surface area contributed by atoms with Crippen LogP contribution < -0.4 is 5.32 Å². The van der Waals surface area contributed by atoms with E-state index in [0.717, 1.165) is 0 Å². The van der Waals surface area contributed by atoms with Crippen molar-refractivity contribution in [1.29, 1.82) is 0 Å². The Morgan fingerprint density at radius 1 is 1.53 bits per heavy atom. The van der Waals surface area contributed by atoms with Crippen molar-refractivity contribution in [3.63, 3.8) is 0 Å². The molecule has 0 spiro atoms. The third-order valence-corrected chi connectivity index (χ3v) is 2.81. The third kappa shape index (κ3) is 3.80. The zero-order valence-corrected chi connectivity index (χ0v) is 10.1. The molecule has 1 amide bonds. The van der Waals surface area contributed by atoms with Crippen LogP contribution in [-0.2, 0) is 9.53 Å². The smallest absolute Gasteiger partial charge is 0.238 e. The van der Waals surface area contributed by atoms with E-state index in [1.165, 1.54) is 12.8 Å². The summed E-state index contributed by atoms with van der Waals surface area (Å²) in [5, 5.41) is 3.34. The minimum Gasteiger partial charge on any atom is -0.383 e. The summed E-state index contributed by atoms with van der Waals surface area (Å²) in [6.45, 7) is 2.60. The van der Waals surface area contributed by atoms with Crippen LogP contribution in [0.3, 0.4) is 0 Å². The minimum atomic E-state index is -0.124. The molecule has 0 aromatic carbocycles. The summed E-state index contributed by atoms with van der Waals surface area (Å²) in [5.74, 6) is 0.819. The van der Waals surface area contributed by atoms with E-state index in [-0.39, 0.29) is 11.9 Å². The van der Waals surface area contributed by atoms with Gasteiger partial charge in [-0.3, -0.25) is 4.79 Å². The number of carbonyl (C=O) groups is 1. The molecule has 1 N–H and O–H groups in total. The number of likely N-dealkylation sites (N-methyl/N-ethyl adjacent to an activating group) is 1. The highest BCUT2D eigenvalue weighted by molar-refractivity contribution is 5.80. The largest absolute Gasteiger partial charge is 0.383 e. The van der Waals surface area contributed by atoms with Gasteiger partial charge in [-0.1, -0.05) is 0 Å². The molecule has 0 aromatic rings. The Bertz CT molecular complexity index is 215. The van der Waals surface area contributed by atoms with E-state index >= 15 is 0 Å². The summed E-state index contributed by atoms with van der Waals surface area (Å²) in [6, 6.07) is 0.203. The topological polar surface area (TPSA) is 41.6 Å². The van der Waals surface area contributed by atoms with Crippen LogP contribution >= 0.6 is 0 Å². The average molecular weight is 214 g/mol. The lowest BCUT2D eigenvalue weighted by molar-refractivity contribution is -0.130. The predicted molar refractivity (Wildman–Crippen MR) is 59.7 cm³/mol. The molecule has 0 bridgehead atoms. The van der Waals surface area contributed by atoms with Crippen LogP contribution in [0.5, 0.6) is 0 Å². The maximum Gasteiger partial charge on any atom is 0.238 e. The Morgan fingerprint density at radius 3 is 2.53 bits per heavy atom. The van der Waals surface area contributed by atoms with E-state index in [2.05, 4.69) is 5.32 Å². The van der Waals surface area contributed by atoms with Crippen molar-refractivity contribution in [1.82, 2.24) is 10.2 Å². The first-order chi connectivity index (χ1) is 7.06. The van der Waals surface area contributed by atoms with E-state index in [9.17, 15) is 4.79 Å². The summed E-state index contributed by atoms with van der Waals surface area (Å²) < 4.78 is 5.16. The van der Waals surface area contributed by atoms with Gasteiger partial charge in [0.25, 0.3) is 0 Å². The summed E-state index contributed by atoms with van der Waals surface area (Å²) in [4.78, 5) is 13.3. The Balaban J connectivity index is 2.39. The summed E-state index contributed by atoms with van der Waals surface area (Å²) >= 11 is 0. The highest BCUT2D eigenvalue weighted by Gasteiger charge is 2.33. The third-order valence-electron chi connectivity index (χ3n) is 2.81. The second-order valence-corrected chi connectivity index (χ2v) is 4.52. The Hall–Kier alpha value is -0.610. The molecular weight excluding hydrogens is 192 g/mol. The van der Waals surface area contributed by atoms with Gasteiger partial charge in [0.2, 0.25) is 5.91 Å². The van der Waals surface area contributed by atoms with Gasteiger partial charge in [0.15, 0.2) is 0 Å². The van der Waals surface area contributed by atoms with E-state index in [4.69, 9.17) is 4.74 Å².